The van der Waals surface area contributed by atoms with Crippen LogP contribution in [0.4, 0.5) is 0 Å². The molecule has 0 bridgehead atoms. The van der Waals surface area contributed by atoms with E-state index in [0.29, 0.717) is 23.2 Å². The SMILES string of the molecule is CN/C(=C\c1ccc(OC)cc1)C(=O)N[C@@H](C)C(=O)[C@@](C=O)(C(C(=O)[C@H](/C=C/C=O)NC(=O)[C@@H](C)N)c1ccc(OC)c(O)c1)N(C)C(=O)[C@H](Cc1ccc(O)cc1)NC. The Bertz CT molecular complexity index is 2090. The number of benzene rings is 3. The zero-order valence-corrected chi connectivity index (χ0v) is 34.4. The van der Waals surface area contributed by atoms with Gasteiger partial charge in [-0.2, -0.15) is 0 Å². The summed E-state index contributed by atoms with van der Waals surface area (Å²) < 4.78 is 10.4. The molecular formula is C43H52N6O11. The highest BCUT2D eigenvalue weighted by Crippen LogP contribution is 2.39. The number of nitrogens with two attached hydrogens (primary N) is 1. The number of carbonyl (C=O) groups excluding carboxylic acids is 7. The number of rotatable bonds is 22. The molecule has 0 aliphatic rings. The number of allylic oxidation sites excluding steroid dienone is 1. The van der Waals surface area contributed by atoms with Gasteiger partial charge in [0.15, 0.2) is 34.9 Å². The second kappa shape index (κ2) is 21.8. The van der Waals surface area contributed by atoms with Gasteiger partial charge in [-0.1, -0.05) is 36.4 Å². The van der Waals surface area contributed by atoms with Crippen molar-refractivity contribution in [1.29, 1.82) is 0 Å². The molecular weight excluding hydrogens is 777 g/mol. The Labute approximate surface area is 348 Å². The van der Waals surface area contributed by atoms with E-state index in [-0.39, 0.29) is 35.5 Å². The zero-order chi connectivity index (χ0) is 44.7. The lowest BCUT2D eigenvalue weighted by atomic mass is 9.70. The Morgan fingerprint density at radius 3 is 2.07 bits per heavy atom. The van der Waals surface area contributed by atoms with Crippen LogP contribution < -0.4 is 36.5 Å². The molecule has 320 valence electrons. The van der Waals surface area contributed by atoms with Gasteiger partial charge in [0.25, 0.3) is 5.91 Å². The Balaban J connectivity index is 2.34. The van der Waals surface area contributed by atoms with Crippen LogP contribution in [0.1, 0.15) is 36.5 Å². The van der Waals surface area contributed by atoms with Crippen LogP contribution in [0.3, 0.4) is 0 Å². The van der Waals surface area contributed by atoms with Crippen molar-refractivity contribution in [1.82, 2.24) is 26.2 Å². The summed E-state index contributed by atoms with van der Waals surface area (Å²) in [6, 6.07) is 10.6. The largest absolute Gasteiger partial charge is 0.508 e. The number of phenolic OH excluding ortho intramolecular Hbond substituents is 2. The summed E-state index contributed by atoms with van der Waals surface area (Å²) in [5.74, 6) is -6.81. The number of nitrogens with one attached hydrogen (secondary N) is 4. The number of Topliss-reactive ketones (excluding diaryl/α,β-unsaturated/α-hetero) is 2. The number of ether oxygens (including phenoxy) is 2. The molecule has 0 spiro atoms. The van der Waals surface area contributed by atoms with Crippen molar-refractivity contribution < 1.29 is 53.2 Å². The first-order valence-corrected chi connectivity index (χ1v) is 18.7. The molecule has 0 heterocycles. The molecule has 0 saturated carbocycles. The van der Waals surface area contributed by atoms with Gasteiger partial charge in [-0.15, -0.1) is 0 Å². The standard InChI is InChI=1S/C43H52N6O11/c1-25(44)40(56)48-32(9-8-20-50)38(54)37(29-14-19-36(60-7)35(53)23-29)43(24-51,49(5)42(58)34(46-4)22-27-10-15-30(52)16-11-27)39(55)26(2)47-41(57)33(45-3)21-28-12-17-31(59-6)18-13-28/h8-21,23-26,32,34,37,45-46,52-53H,22,44H2,1-7H3,(H,47,57)(H,48,56)/b9-8+,33-21-/t25-,26+,32+,34+,37?,43-/m1/s1. The van der Waals surface area contributed by atoms with Crippen LogP contribution in [0.25, 0.3) is 6.08 Å². The van der Waals surface area contributed by atoms with Gasteiger partial charge in [0.1, 0.15) is 29.5 Å². The van der Waals surface area contributed by atoms with Crippen LogP contribution >= 0.6 is 0 Å². The van der Waals surface area contributed by atoms with Gasteiger partial charge in [-0.25, -0.2) is 0 Å². The van der Waals surface area contributed by atoms with E-state index in [0.717, 1.165) is 30.2 Å². The predicted molar refractivity (Wildman–Crippen MR) is 222 cm³/mol. The topological polar surface area (TPSA) is 256 Å². The maximum Gasteiger partial charge on any atom is 0.267 e. The molecule has 0 aromatic heterocycles. The molecule has 0 aliphatic carbocycles. The van der Waals surface area contributed by atoms with Gasteiger partial charge >= 0.3 is 0 Å². The minimum absolute atomic E-state index is 0.00419. The molecule has 8 N–H and O–H groups in total. The summed E-state index contributed by atoms with van der Waals surface area (Å²) in [5.41, 5.74) is 3.92. The van der Waals surface area contributed by atoms with E-state index in [1.165, 1.54) is 72.5 Å². The molecule has 0 fully saturated rings. The normalized spacial score (nSPS) is 14.9. The molecule has 0 radical (unpaired) electrons. The molecule has 0 aliphatic heterocycles. The average molecular weight is 829 g/mol. The second-order valence-corrected chi connectivity index (χ2v) is 13.8. The van der Waals surface area contributed by atoms with E-state index in [1.54, 1.807) is 36.4 Å². The van der Waals surface area contributed by atoms with E-state index in [9.17, 15) is 34.2 Å². The number of hydrogen-bond donors (Lipinski definition) is 7. The highest BCUT2D eigenvalue weighted by atomic mass is 16.5. The Morgan fingerprint density at radius 2 is 1.55 bits per heavy atom. The quantitative estimate of drug-likeness (QED) is 0.0423. The fourth-order valence-electron chi connectivity index (χ4n) is 6.46. The van der Waals surface area contributed by atoms with Crippen LogP contribution in [0, 0.1) is 0 Å². The van der Waals surface area contributed by atoms with Crippen molar-refractivity contribution >= 4 is 47.9 Å². The first kappa shape index (κ1) is 47.5. The first-order chi connectivity index (χ1) is 28.5. The number of aldehydes is 2. The van der Waals surface area contributed by atoms with Gasteiger partial charge < -0.3 is 56.4 Å². The third-order valence-corrected chi connectivity index (χ3v) is 9.83. The maximum absolute atomic E-state index is 15.3. The van der Waals surface area contributed by atoms with Crippen LogP contribution in [0.2, 0.25) is 0 Å². The fourth-order valence-corrected chi connectivity index (χ4v) is 6.46. The van der Waals surface area contributed by atoms with E-state index >= 15 is 9.59 Å². The van der Waals surface area contributed by atoms with Gasteiger partial charge in [0, 0.05) is 14.1 Å². The number of methoxy groups -OCH3 is 2. The first-order valence-electron chi connectivity index (χ1n) is 18.7. The molecule has 17 nitrogen and oxygen atoms in total. The molecule has 3 aromatic carbocycles. The van der Waals surface area contributed by atoms with Crippen LogP contribution in [0.15, 0.2) is 84.6 Å². The number of ketones is 2. The zero-order valence-electron chi connectivity index (χ0n) is 34.4. The lowest BCUT2D eigenvalue weighted by Crippen LogP contribution is -2.69. The van der Waals surface area contributed by atoms with E-state index in [4.69, 9.17) is 15.2 Å². The summed E-state index contributed by atoms with van der Waals surface area (Å²) in [4.78, 5) is 98.2. The van der Waals surface area contributed by atoms with E-state index < -0.39 is 70.7 Å². The van der Waals surface area contributed by atoms with Crippen molar-refractivity contribution in [2.75, 3.05) is 35.4 Å². The fraction of sp³-hybridized carbons (Fsp3) is 0.326. The average Bonchev–Trinajstić information content (AvgIpc) is 3.24. The third-order valence-electron chi connectivity index (χ3n) is 9.83. The molecule has 17 heteroatoms. The number of likely N-dealkylation sites (N-methyl/N-ethyl adjacent to an activating group) is 3. The number of phenols is 2. The maximum atomic E-state index is 15.3. The third kappa shape index (κ3) is 11.2. The number of nitrogens with zero attached hydrogens (tertiary/aromatic N) is 1. The Kier molecular flexibility index (Phi) is 17.3. The minimum atomic E-state index is -2.85. The van der Waals surface area contributed by atoms with E-state index in [2.05, 4.69) is 21.3 Å². The lowest BCUT2D eigenvalue weighted by Gasteiger charge is -2.44. The van der Waals surface area contributed by atoms with Gasteiger partial charge in [0.2, 0.25) is 11.8 Å². The van der Waals surface area contributed by atoms with Crippen LogP contribution in [-0.2, 0) is 40.0 Å². The molecule has 0 saturated heterocycles. The van der Waals surface area contributed by atoms with Crippen molar-refractivity contribution in [2.24, 2.45) is 5.73 Å². The molecule has 6 atom stereocenters. The lowest BCUT2D eigenvalue weighted by molar-refractivity contribution is -0.154. The van der Waals surface area contributed by atoms with Crippen LogP contribution in [0.5, 0.6) is 23.0 Å². The summed E-state index contributed by atoms with van der Waals surface area (Å²) >= 11 is 0. The smallest absolute Gasteiger partial charge is 0.267 e. The summed E-state index contributed by atoms with van der Waals surface area (Å²) in [5, 5.41) is 31.5. The molecule has 1 unspecified atom stereocenters. The molecule has 3 amide bonds. The molecule has 60 heavy (non-hydrogen) atoms. The summed E-state index contributed by atoms with van der Waals surface area (Å²) in [7, 11) is 6.85. The molecule has 3 aromatic rings. The van der Waals surface area contributed by atoms with Crippen molar-refractivity contribution in [3.8, 4) is 23.0 Å². The number of aromatic hydroxyl groups is 2. The second-order valence-electron chi connectivity index (χ2n) is 13.8. The monoisotopic (exact) mass is 828 g/mol. The van der Waals surface area contributed by atoms with Crippen LogP contribution in [-0.4, -0.2) is 122 Å². The number of amides is 3. The Morgan fingerprint density at radius 1 is 0.900 bits per heavy atom. The highest BCUT2D eigenvalue weighted by Gasteiger charge is 2.57. The van der Waals surface area contributed by atoms with Crippen molar-refractivity contribution in [3.05, 3.63) is 101 Å². The predicted octanol–water partition coefficient (Wildman–Crippen LogP) is 0.916. The minimum Gasteiger partial charge on any atom is -0.508 e. The van der Waals surface area contributed by atoms with Crippen molar-refractivity contribution in [3.63, 3.8) is 0 Å². The van der Waals surface area contributed by atoms with E-state index in [1.807, 2.05) is 0 Å². The highest BCUT2D eigenvalue weighted by molar-refractivity contribution is 6.16. The summed E-state index contributed by atoms with van der Waals surface area (Å²) in [6.07, 6.45) is 3.84. The molecule has 3 rings (SSSR count). The summed E-state index contributed by atoms with van der Waals surface area (Å²) in [6.45, 7) is 2.60. The Hall–Kier alpha value is -6.85. The number of carbonyl (C=O) groups is 7. The van der Waals surface area contributed by atoms with Crippen molar-refractivity contribution in [2.45, 2.75) is 55.9 Å². The van der Waals surface area contributed by atoms with Gasteiger partial charge in [-0.3, -0.25) is 28.8 Å². The van der Waals surface area contributed by atoms with Gasteiger partial charge in [0.05, 0.1) is 38.3 Å². The van der Waals surface area contributed by atoms with Gasteiger partial charge in [-0.05, 0) is 92.6 Å². The number of hydrogen-bond acceptors (Lipinski definition) is 14.